The number of carbonyl (C=O) groups excluding carboxylic acids is 4. The topological polar surface area (TPSA) is 129 Å². The van der Waals surface area contributed by atoms with E-state index in [0.29, 0.717) is 33.2 Å². The van der Waals surface area contributed by atoms with Crippen LogP contribution in [0.2, 0.25) is 0 Å². The molecule has 0 bridgehead atoms. The molecule has 0 heterocycles. The second-order valence-corrected chi connectivity index (χ2v) is 13.2. The van der Waals surface area contributed by atoms with Crippen molar-refractivity contribution >= 4 is 50.8 Å². The van der Waals surface area contributed by atoms with Gasteiger partial charge in [0.25, 0.3) is 0 Å². The van der Waals surface area contributed by atoms with E-state index in [9.17, 15) is 34.5 Å². The molecule has 0 atom stereocenters. The van der Waals surface area contributed by atoms with Crippen LogP contribution < -0.4 is 0 Å². The van der Waals surface area contributed by atoms with Crippen LogP contribution in [0.1, 0.15) is 118 Å². The molecule has 0 unspecified atom stereocenters. The smallest absolute Gasteiger partial charge is 0.233 e. The molecule has 0 saturated heterocycles. The van der Waals surface area contributed by atoms with Crippen LogP contribution in [0.25, 0.3) is 27.6 Å². The van der Waals surface area contributed by atoms with Crippen LogP contribution in [0.5, 0.6) is 17.2 Å². The van der Waals surface area contributed by atoms with Crippen molar-refractivity contribution in [3.8, 4) is 17.2 Å². The molecular weight excluding hydrogens is 737 g/mol. The van der Waals surface area contributed by atoms with Gasteiger partial charge in [0.05, 0.1) is 0 Å². The standard InChI is InChI=1S/C10H8O2.2C10H6O2.C10H8O.4C3H8/c2*11-9-5-6-10(12)8-4-2-1-3-7(8)9;11-9-6-5-7-3-1-2-4-8(7)10(9)12;11-10-7-3-5-8-4-1-2-6-9(8)10;4*1-3-2/h1-6,11-12H;2*1-6H;1-7,11H;4*3H2,1-2H3. The van der Waals surface area contributed by atoms with Crippen LogP contribution in [-0.2, 0) is 4.79 Å². The van der Waals surface area contributed by atoms with Crippen molar-refractivity contribution in [2.75, 3.05) is 0 Å². The number of phenolic OH excluding ortho intramolecular Hbond substituents is 3. The molecule has 0 aliphatic heterocycles. The minimum absolute atomic E-state index is 0.0924. The lowest BCUT2D eigenvalue weighted by Crippen LogP contribution is -2.15. The van der Waals surface area contributed by atoms with Crippen molar-refractivity contribution in [2.45, 2.75) is 81.1 Å². The van der Waals surface area contributed by atoms with E-state index in [4.69, 9.17) is 0 Å². The molecule has 7 heteroatoms. The largest absolute Gasteiger partial charge is 0.507 e. The monoisotopic (exact) mass is 796 g/mol. The summed E-state index contributed by atoms with van der Waals surface area (Å²) in [6, 6.07) is 37.3. The molecule has 0 saturated carbocycles. The second kappa shape index (κ2) is 28.7. The van der Waals surface area contributed by atoms with Gasteiger partial charge in [-0.25, -0.2) is 0 Å². The number of Topliss-reactive ketones (excluding diaryl/α,β-unsaturated/α-hetero) is 1. The fraction of sp³-hybridized carbons (Fsp3) is 0.231. The number of phenols is 3. The van der Waals surface area contributed by atoms with Crippen LogP contribution in [-0.4, -0.2) is 38.5 Å². The highest BCUT2D eigenvalue weighted by Crippen LogP contribution is 2.31. The van der Waals surface area contributed by atoms with Crippen molar-refractivity contribution in [3.05, 3.63) is 168 Å². The molecule has 3 N–H and O–H groups in total. The Kier molecular flexibility index (Phi) is 24.6. The highest BCUT2D eigenvalue weighted by Gasteiger charge is 2.19. The number of hydrogen-bond donors (Lipinski definition) is 3. The summed E-state index contributed by atoms with van der Waals surface area (Å²) in [6.07, 6.45) is 10.6. The summed E-state index contributed by atoms with van der Waals surface area (Å²) in [4.78, 5) is 44.5. The number of fused-ring (bicyclic) bond motifs is 4. The number of benzene rings is 6. The van der Waals surface area contributed by atoms with E-state index >= 15 is 0 Å². The van der Waals surface area contributed by atoms with Gasteiger partial charge >= 0.3 is 0 Å². The Morgan fingerprint density at radius 2 is 0.678 bits per heavy atom. The Morgan fingerprint density at radius 1 is 0.339 bits per heavy atom. The molecule has 2 aliphatic rings. The van der Waals surface area contributed by atoms with E-state index in [2.05, 4.69) is 55.4 Å². The predicted octanol–water partition coefficient (Wildman–Crippen LogP) is 13.5. The summed E-state index contributed by atoms with van der Waals surface area (Å²) in [6.45, 7) is 17.0. The normalized spacial score (nSPS) is 11.2. The molecule has 6 aromatic carbocycles. The zero-order chi connectivity index (χ0) is 44.2. The molecule has 2 aliphatic carbocycles. The van der Waals surface area contributed by atoms with E-state index in [1.165, 1.54) is 56.0 Å². The number of ketones is 4. The second-order valence-electron chi connectivity index (χ2n) is 13.2. The van der Waals surface area contributed by atoms with Gasteiger partial charge in [-0.05, 0) is 47.4 Å². The Hall–Kier alpha value is -6.60. The van der Waals surface area contributed by atoms with Crippen LogP contribution in [0.3, 0.4) is 0 Å². The SMILES string of the molecule is CCC.CCC.CCC.CCC.O=C1C=CC(=O)c2ccccc21.O=C1C=Cc2ccccc2C1=O.Oc1ccc(O)c2ccccc12.Oc1cccc2ccccc12. The van der Waals surface area contributed by atoms with Crippen LogP contribution >= 0.6 is 0 Å². The molecule has 310 valence electrons. The van der Waals surface area contributed by atoms with Crippen molar-refractivity contribution < 1.29 is 34.5 Å². The Labute approximate surface area is 350 Å². The van der Waals surface area contributed by atoms with Crippen molar-refractivity contribution in [2.24, 2.45) is 0 Å². The van der Waals surface area contributed by atoms with E-state index in [0.717, 1.165) is 16.3 Å². The minimum Gasteiger partial charge on any atom is -0.507 e. The lowest BCUT2D eigenvalue weighted by Gasteiger charge is -2.06. The van der Waals surface area contributed by atoms with Gasteiger partial charge in [0.1, 0.15) is 17.2 Å². The Balaban J connectivity index is 0.000000361. The molecular formula is C52H60O7. The van der Waals surface area contributed by atoms with Gasteiger partial charge in [0, 0.05) is 32.8 Å². The molecule has 59 heavy (non-hydrogen) atoms. The van der Waals surface area contributed by atoms with Crippen LogP contribution in [0, 0.1) is 0 Å². The number of allylic oxidation sites excluding steroid dienone is 3. The zero-order valence-electron chi connectivity index (χ0n) is 35.7. The lowest BCUT2D eigenvalue weighted by atomic mass is 9.95. The number of carbonyl (C=O) groups is 4. The van der Waals surface area contributed by atoms with E-state index in [-0.39, 0.29) is 23.1 Å². The van der Waals surface area contributed by atoms with Crippen molar-refractivity contribution in [3.63, 3.8) is 0 Å². The van der Waals surface area contributed by atoms with Gasteiger partial charge in [0.15, 0.2) is 11.6 Å². The van der Waals surface area contributed by atoms with Crippen molar-refractivity contribution in [1.29, 1.82) is 0 Å². The quantitative estimate of drug-likeness (QED) is 0.103. The summed E-state index contributed by atoms with van der Waals surface area (Å²) in [7, 11) is 0. The maximum Gasteiger partial charge on any atom is 0.233 e. The number of rotatable bonds is 0. The highest BCUT2D eigenvalue weighted by molar-refractivity contribution is 6.49. The summed E-state index contributed by atoms with van der Waals surface area (Å²) < 4.78 is 0. The Morgan fingerprint density at radius 3 is 1.14 bits per heavy atom. The summed E-state index contributed by atoms with van der Waals surface area (Å²) in [5, 5.41) is 31.5. The van der Waals surface area contributed by atoms with E-state index in [1.54, 1.807) is 60.7 Å². The third-order valence-electron chi connectivity index (χ3n) is 7.33. The third kappa shape index (κ3) is 16.8. The van der Waals surface area contributed by atoms with Gasteiger partial charge < -0.3 is 15.3 Å². The third-order valence-corrected chi connectivity index (χ3v) is 7.33. The van der Waals surface area contributed by atoms with Gasteiger partial charge in [-0.2, -0.15) is 0 Å². The van der Waals surface area contributed by atoms with E-state index < -0.39 is 11.6 Å². The molecule has 0 amide bonds. The van der Waals surface area contributed by atoms with Gasteiger partial charge in [-0.1, -0.05) is 196 Å². The van der Waals surface area contributed by atoms with Crippen molar-refractivity contribution in [1.82, 2.24) is 0 Å². The van der Waals surface area contributed by atoms with Gasteiger partial charge in [-0.3, -0.25) is 19.2 Å². The molecule has 0 spiro atoms. The fourth-order valence-electron chi connectivity index (χ4n) is 4.94. The summed E-state index contributed by atoms with van der Waals surface area (Å²) in [5.74, 6) is -0.285. The average Bonchev–Trinajstić information content (AvgIpc) is 3.25. The van der Waals surface area contributed by atoms with E-state index in [1.807, 2.05) is 60.7 Å². The first-order chi connectivity index (χ1) is 28.4. The van der Waals surface area contributed by atoms with Crippen LogP contribution in [0.15, 0.2) is 146 Å². The molecule has 8 rings (SSSR count). The number of aromatic hydroxyl groups is 3. The molecule has 0 radical (unpaired) electrons. The first kappa shape index (κ1) is 50.4. The molecule has 6 aromatic rings. The molecule has 0 aromatic heterocycles. The fourth-order valence-corrected chi connectivity index (χ4v) is 4.94. The number of hydrogen-bond acceptors (Lipinski definition) is 7. The van der Waals surface area contributed by atoms with Crippen LogP contribution in [0.4, 0.5) is 0 Å². The Bertz CT molecular complexity index is 2180. The van der Waals surface area contributed by atoms with Gasteiger partial charge in [0.2, 0.25) is 11.6 Å². The highest BCUT2D eigenvalue weighted by atomic mass is 16.3. The lowest BCUT2D eigenvalue weighted by molar-refractivity contribution is -0.110. The molecule has 7 nitrogen and oxygen atoms in total. The summed E-state index contributed by atoms with van der Waals surface area (Å²) in [5.41, 5.74) is 2.34. The zero-order valence-corrected chi connectivity index (χ0v) is 35.7. The predicted molar refractivity (Wildman–Crippen MR) is 246 cm³/mol. The van der Waals surface area contributed by atoms with Gasteiger partial charge in [-0.15, -0.1) is 0 Å². The first-order valence-electron chi connectivity index (χ1n) is 20.2. The average molecular weight is 797 g/mol. The summed E-state index contributed by atoms with van der Waals surface area (Å²) >= 11 is 0. The molecule has 0 fully saturated rings. The minimum atomic E-state index is -0.436. The maximum atomic E-state index is 11.2. The maximum absolute atomic E-state index is 11.2. The first-order valence-corrected chi connectivity index (χ1v) is 20.2.